The predicted octanol–water partition coefficient (Wildman–Crippen LogP) is 4.74. The van der Waals surface area contributed by atoms with Crippen molar-refractivity contribution in [1.29, 1.82) is 0 Å². The van der Waals surface area contributed by atoms with Gasteiger partial charge in [0.25, 0.3) is 0 Å². The average Bonchev–Trinajstić information content (AvgIpc) is 3.17. The van der Waals surface area contributed by atoms with Crippen molar-refractivity contribution in [2.24, 2.45) is 5.84 Å². The highest BCUT2D eigenvalue weighted by atomic mass is 35.5. The van der Waals surface area contributed by atoms with Gasteiger partial charge in [-0.3, -0.25) is 5.01 Å². The van der Waals surface area contributed by atoms with Crippen LogP contribution in [0.2, 0.25) is 5.02 Å². The Kier molecular flexibility index (Phi) is 6.28. The van der Waals surface area contributed by atoms with Crippen molar-refractivity contribution in [3.63, 3.8) is 0 Å². The summed E-state index contributed by atoms with van der Waals surface area (Å²) in [4.78, 5) is 15.2. The standard InChI is InChI=1S/C21H21ClFN7S/c1-29(2)10-9-13-3-5-14(6-4-13)27-21-28-19-18(31-21)20(26-12-25-19)30(24)15-7-8-17(23)16(22)11-15/h3-8,11-12H,9-10,24H2,1-2H3,(H,25,26,27,28). The maximum atomic E-state index is 13.5. The minimum Gasteiger partial charge on any atom is -0.331 e. The van der Waals surface area contributed by atoms with Gasteiger partial charge in [0, 0.05) is 12.2 Å². The minimum absolute atomic E-state index is 0.0149. The molecule has 31 heavy (non-hydrogen) atoms. The van der Waals surface area contributed by atoms with Crippen LogP contribution >= 0.6 is 22.9 Å². The van der Waals surface area contributed by atoms with E-state index < -0.39 is 5.82 Å². The Balaban J connectivity index is 1.56. The maximum Gasteiger partial charge on any atom is 0.189 e. The lowest BCUT2D eigenvalue weighted by atomic mass is 10.1. The van der Waals surface area contributed by atoms with Gasteiger partial charge in [0.15, 0.2) is 16.6 Å². The molecule has 0 saturated carbocycles. The molecule has 0 aliphatic heterocycles. The third kappa shape index (κ3) is 4.91. The van der Waals surface area contributed by atoms with Gasteiger partial charge < -0.3 is 10.2 Å². The second-order valence-electron chi connectivity index (χ2n) is 7.21. The molecule has 4 aromatic rings. The van der Waals surface area contributed by atoms with E-state index in [2.05, 4.69) is 51.4 Å². The maximum absolute atomic E-state index is 13.5. The molecule has 2 aromatic carbocycles. The highest BCUT2D eigenvalue weighted by Crippen LogP contribution is 2.35. The largest absolute Gasteiger partial charge is 0.331 e. The summed E-state index contributed by atoms with van der Waals surface area (Å²) in [7, 11) is 4.13. The van der Waals surface area contributed by atoms with E-state index in [9.17, 15) is 4.39 Å². The molecule has 7 nitrogen and oxygen atoms in total. The number of likely N-dealkylation sites (N-methyl/N-ethyl adjacent to an activating group) is 1. The highest BCUT2D eigenvalue weighted by molar-refractivity contribution is 7.22. The van der Waals surface area contributed by atoms with Gasteiger partial charge in [0.1, 0.15) is 16.8 Å². The molecular weight excluding hydrogens is 437 g/mol. The molecule has 2 aromatic heterocycles. The van der Waals surface area contributed by atoms with E-state index in [1.54, 1.807) is 0 Å². The fourth-order valence-corrected chi connectivity index (χ4v) is 4.06. The number of hydrazine groups is 1. The first-order chi connectivity index (χ1) is 14.9. The van der Waals surface area contributed by atoms with Crippen LogP contribution in [0.5, 0.6) is 0 Å². The van der Waals surface area contributed by atoms with Crippen LogP contribution in [0, 0.1) is 5.82 Å². The lowest BCUT2D eigenvalue weighted by molar-refractivity contribution is 0.413. The first-order valence-electron chi connectivity index (χ1n) is 9.53. The van der Waals surface area contributed by atoms with E-state index in [4.69, 9.17) is 17.4 Å². The molecule has 4 rings (SSSR count). The van der Waals surface area contributed by atoms with E-state index >= 15 is 0 Å². The van der Waals surface area contributed by atoms with Crippen LogP contribution in [0.1, 0.15) is 5.56 Å². The lowest BCUT2D eigenvalue weighted by Crippen LogP contribution is -2.26. The van der Waals surface area contributed by atoms with Gasteiger partial charge in [0.2, 0.25) is 0 Å². The Morgan fingerprint density at radius 1 is 1.13 bits per heavy atom. The molecule has 0 spiro atoms. The zero-order valence-corrected chi connectivity index (χ0v) is 18.6. The molecular formula is C21H21ClFN7S. The number of nitrogens with two attached hydrogens (primary N) is 1. The van der Waals surface area contributed by atoms with E-state index in [0.717, 1.165) is 18.7 Å². The van der Waals surface area contributed by atoms with Crippen molar-refractivity contribution in [3.8, 4) is 0 Å². The van der Waals surface area contributed by atoms with Crippen molar-refractivity contribution in [1.82, 2.24) is 19.9 Å². The monoisotopic (exact) mass is 457 g/mol. The summed E-state index contributed by atoms with van der Waals surface area (Å²) in [5.74, 6) is 6.19. The number of thiazole rings is 1. The van der Waals surface area contributed by atoms with E-state index in [-0.39, 0.29) is 5.02 Å². The van der Waals surface area contributed by atoms with Crippen molar-refractivity contribution < 1.29 is 4.39 Å². The van der Waals surface area contributed by atoms with Crippen molar-refractivity contribution >= 4 is 55.6 Å². The molecule has 0 amide bonds. The summed E-state index contributed by atoms with van der Waals surface area (Å²) in [5, 5.41) is 5.31. The molecule has 2 heterocycles. The first kappa shape index (κ1) is 21.4. The van der Waals surface area contributed by atoms with Gasteiger partial charge in [-0.2, -0.15) is 4.98 Å². The van der Waals surface area contributed by atoms with E-state index in [1.807, 2.05) is 12.1 Å². The normalized spacial score (nSPS) is 11.3. The third-order valence-corrected chi connectivity index (χ3v) is 5.88. The minimum atomic E-state index is -0.510. The van der Waals surface area contributed by atoms with Crippen molar-refractivity contribution in [3.05, 3.63) is 65.2 Å². The Morgan fingerprint density at radius 2 is 1.90 bits per heavy atom. The van der Waals surface area contributed by atoms with Gasteiger partial charge in [-0.05, 0) is 56.4 Å². The number of aromatic nitrogens is 3. The summed E-state index contributed by atoms with van der Waals surface area (Å²) in [6.45, 7) is 1.00. The summed E-state index contributed by atoms with van der Waals surface area (Å²) in [6.07, 6.45) is 2.39. The summed E-state index contributed by atoms with van der Waals surface area (Å²) >= 11 is 7.28. The average molecular weight is 458 g/mol. The van der Waals surface area contributed by atoms with E-state index in [0.29, 0.717) is 27.0 Å². The summed E-state index contributed by atoms with van der Waals surface area (Å²) in [6, 6.07) is 12.5. The van der Waals surface area contributed by atoms with Gasteiger partial charge in [-0.15, -0.1) is 0 Å². The van der Waals surface area contributed by atoms with Crippen LogP contribution in [0.15, 0.2) is 48.8 Å². The lowest BCUT2D eigenvalue weighted by Gasteiger charge is -2.17. The first-order valence-corrected chi connectivity index (χ1v) is 10.7. The molecule has 3 N–H and O–H groups in total. The second kappa shape index (κ2) is 9.11. The summed E-state index contributed by atoms with van der Waals surface area (Å²) < 4.78 is 14.2. The summed E-state index contributed by atoms with van der Waals surface area (Å²) in [5.41, 5.74) is 3.22. The number of anilines is 4. The number of hydrogen-bond donors (Lipinski definition) is 2. The number of nitrogens with zero attached hydrogens (tertiary/aromatic N) is 5. The number of fused-ring (bicyclic) bond motifs is 1. The molecule has 0 radical (unpaired) electrons. The van der Waals surface area contributed by atoms with Gasteiger partial charge in [-0.1, -0.05) is 35.1 Å². The van der Waals surface area contributed by atoms with Crippen LogP contribution < -0.4 is 16.2 Å². The molecule has 10 heteroatoms. The van der Waals surface area contributed by atoms with Crippen LogP contribution in [-0.2, 0) is 6.42 Å². The highest BCUT2D eigenvalue weighted by Gasteiger charge is 2.17. The Morgan fingerprint density at radius 3 is 2.61 bits per heavy atom. The molecule has 0 saturated heterocycles. The Bertz CT molecular complexity index is 1200. The SMILES string of the molecule is CN(C)CCc1ccc(Nc2nc3ncnc(N(N)c4ccc(F)c(Cl)c4)c3s2)cc1. The number of benzene rings is 2. The van der Waals surface area contributed by atoms with E-state index in [1.165, 1.54) is 46.4 Å². The van der Waals surface area contributed by atoms with Crippen molar-refractivity contribution in [2.75, 3.05) is 31.0 Å². The Hall–Kier alpha value is -2.85. The second-order valence-corrected chi connectivity index (χ2v) is 8.62. The molecule has 0 unspecified atom stereocenters. The predicted molar refractivity (Wildman–Crippen MR) is 125 cm³/mol. The smallest absolute Gasteiger partial charge is 0.189 e. The topological polar surface area (TPSA) is 83.2 Å². The number of rotatable bonds is 7. The number of hydrogen-bond acceptors (Lipinski definition) is 8. The van der Waals surface area contributed by atoms with Crippen molar-refractivity contribution in [2.45, 2.75) is 6.42 Å². The van der Waals surface area contributed by atoms with Gasteiger partial charge in [0.05, 0.1) is 10.7 Å². The van der Waals surface area contributed by atoms with Crippen LogP contribution in [-0.4, -0.2) is 40.5 Å². The molecule has 0 aliphatic rings. The zero-order chi connectivity index (χ0) is 22.0. The van der Waals surface area contributed by atoms with Crippen LogP contribution in [0.4, 0.5) is 26.7 Å². The van der Waals surface area contributed by atoms with Crippen LogP contribution in [0.3, 0.4) is 0 Å². The number of halogens is 2. The van der Waals surface area contributed by atoms with Gasteiger partial charge >= 0.3 is 0 Å². The molecule has 0 atom stereocenters. The zero-order valence-electron chi connectivity index (χ0n) is 17.0. The number of nitrogens with one attached hydrogen (secondary N) is 1. The Labute approximate surface area is 188 Å². The quantitative estimate of drug-likeness (QED) is 0.306. The molecule has 0 fully saturated rings. The van der Waals surface area contributed by atoms with Crippen LogP contribution in [0.25, 0.3) is 10.3 Å². The molecule has 0 aliphatic carbocycles. The third-order valence-electron chi connectivity index (χ3n) is 4.63. The van der Waals surface area contributed by atoms with Gasteiger partial charge in [-0.25, -0.2) is 20.2 Å². The fraction of sp³-hybridized carbons (Fsp3) is 0.190. The molecule has 160 valence electrons. The fourth-order valence-electron chi connectivity index (χ4n) is 2.96. The molecule has 0 bridgehead atoms.